The molecule has 0 radical (unpaired) electrons. The van der Waals surface area contributed by atoms with Gasteiger partial charge in [-0.25, -0.2) is 4.98 Å². The third kappa shape index (κ3) is 3.31. The molecule has 1 fully saturated rings. The Balaban J connectivity index is 0.00000176. The van der Waals surface area contributed by atoms with Gasteiger partial charge in [0.25, 0.3) is 5.56 Å². The number of halogens is 1. The minimum absolute atomic E-state index is 0. The predicted octanol–water partition coefficient (Wildman–Crippen LogP) is 1.09. The van der Waals surface area contributed by atoms with Crippen molar-refractivity contribution in [2.75, 3.05) is 19.6 Å². The van der Waals surface area contributed by atoms with Crippen LogP contribution in [-0.2, 0) is 11.3 Å². The van der Waals surface area contributed by atoms with Crippen LogP contribution < -0.4 is 10.9 Å². The van der Waals surface area contributed by atoms with Gasteiger partial charge in [0.2, 0.25) is 5.91 Å². The Hall–Kier alpha value is -1.44. The monoisotopic (exact) mass is 342 g/mol. The SMILES string of the molecule is C[C@H]1CNCCN1C(=O)CCn1cnc2sccc2c1=O.Cl. The third-order valence-corrected chi connectivity index (χ3v) is 4.66. The maximum Gasteiger partial charge on any atom is 0.262 e. The van der Waals surface area contributed by atoms with Gasteiger partial charge in [-0.1, -0.05) is 0 Å². The van der Waals surface area contributed by atoms with Gasteiger partial charge >= 0.3 is 0 Å². The average Bonchev–Trinajstić information content (AvgIpc) is 2.96. The van der Waals surface area contributed by atoms with Crippen molar-refractivity contribution in [2.24, 2.45) is 0 Å². The molecule has 3 rings (SSSR count). The zero-order valence-electron chi connectivity index (χ0n) is 12.3. The molecule has 0 aromatic carbocycles. The first kappa shape index (κ1) is 16.9. The highest BCUT2D eigenvalue weighted by Gasteiger charge is 2.22. The molecule has 0 saturated carbocycles. The van der Waals surface area contributed by atoms with Gasteiger partial charge < -0.3 is 10.2 Å². The lowest BCUT2D eigenvalue weighted by Gasteiger charge is -2.34. The summed E-state index contributed by atoms with van der Waals surface area (Å²) in [6, 6.07) is 1.99. The standard InChI is InChI=1S/C14H18N4O2S.ClH/c1-10-8-15-4-6-18(10)12(19)2-5-17-9-16-13-11(14(17)20)3-7-21-13;/h3,7,9-10,15H,2,4-6,8H2,1H3;1H/t10-;/m0./s1. The summed E-state index contributed by atoms with van der Waals surface area (Å²) in [5.41, 5.74) is -0.0672. The minimum atomic E-state index is -0.0672. The molecule has 120 valence electrons. The number of fused-ring (bicyclic) bond motifs is 1. The number of aromatic nitrogens is 2. The molecule has 8 heteroatoms. The first-order valence-electron chi connectivity index (χ1n) is 7.09. The zero-order chi connectivity index (χ0) is 14.8. The lowest BCUT2D eigenvalue weighted by Crippen LogP contribution is -2.52. The van der Waals surface area contributed by atoms with E-state index < -0.39 is 0 Å². The molecule has 1 aliphatic heterocycles. The van der Waals surface area contributed by atoms with Crippen molar-refractivity contribution < 1.29 is 4.79 Å². The van der Waals surface area contributed by atoms with Gasteiger partial charge in [-0.2, -0.15) is 0 Å². The summed E-state index contributed by atoms with van der Waals surface area (Å²) in [5, 5.41) is 5.75. The summed E-state index contributed by atoms with van der Waals surface area (Å²) in [6.45, 7) is 4.81. The van der Waals surface area contributed by atoms with Crippen LogP contribution in [0.4, 0.5) is 0 Å². The number of hydrogen-bond acceptors (Lipinski definition) is 5. The van der Waals surface area contributed by atoms with Crippen LogP contribution in [0, 0.1) is 0 Å². The minimum Gasteiger partial charge on any atom is -0.337 e. The van der Waals surface area contributed by atoms with Gasteiger partial charge in [0.15, 0.2) is 0 Å². The van der Waals surface area contributed by atoms with Gasteiger partial charge in [0, 0.05) is 38.6 Å². The number of thiophene rings is 1. The molecule has 2 aromatic heterocycles. The van der Waals surface area contributed by atoms with Crippen LogP contribution in [0.5, 0.6) is 0 Å². The predicted molar refractivity (Wildman–Crippen MR) is 89.8 cm³/mol. The topological polar surface area (TPSA) is 67.2 Å². The van der Waals surface area contributed by atoms with Crippen molar-refractivity contribution in [1.29, 1.82) is 0 Å². The van der Waals surface area contributed by atoms with E-state index >= 15 is 0 Å². The van der Waals surface area contributed by atoms with Crippen molar-refractivity contribution in [3.05, 3.63) is 28.1 Å². The molecule has 0 unspecified atom stereocenters. The second kappa shape index (κ2) is 7.21. The Kier molecular flexibility index (Phi) is 5.55. The van der Waals surface area contributed by atoms with E-state index in [0.29, 0.717) is 18.4 Å². The Morgan fingerprint density at radius 2 is 2.36 bits per heavy atom. The number of nitrogens with zero attached hydrogens (tertiary/aromatic N) is 3. The zero-order valence-corrected chi connectivity index (χ0v) is 14.0. The van der Waals surface area contributed by atoms with Crippen LogP contribution >= 0.6 is 23.7 Å². The van der Waals surface area contributed by atoms with Gasteiger partial charge in [0.1, 0.15) is 4.83 Å². The summed E-state index contributed by atoms with van der Waals surface area (Å²) in [5.74, 6) is 0.0984. The number of amides is 1. The molecule has 0 bridgehead atoms. The quantitative estimate of drug-likeness (QED) is 0.906. The van der Waals surface area contributed by atoms with E-state index in [-0.39, 0.29) is 29.9 Å². The molecule has 6 nitrogen and oxygen atoms in total. The number of carbonyl (C=O) groups is 1. The van der Waals surface area contributed by atoms with E-state index in [1.54, 1.807) is 6.07 Å². The fourth-order valence-corrected chi connectivity index (χ4v) is 3.35. The summed E-state index contributed by atoms with van der Waals surface area (Å²) in [7, 11) is 0. The number of piperazine rings is 1. The Morgan fingerprint density at radius 1 is 1.55 bits per heavy atom. The lowest BCUT2D eigenvalue weighted by molar-refractivity contribution is -0.134. The number of hydrogen-bond donors (Lipinski definition) is 1. The van der Waals surface area contributed by atoms with Crippen LogP contribution in [0.15, 0.2) is 22.6 Å². The average molecular weight is 343 g/mol. The largest absolute Gasteiger partial charge is 0.337 e. The second-order valence-electron chi connectivity index (χ2n) is 5.27. The van der Waals surface area contributed by atoms with Crippen molar-refractivity contribution in [1.82, 2.24) is 19.8 Å². The molecule has 0 aliphatic carbocycles. The Labute approximate surface area is 138 Å². The molecule has 3 heterocycles. The van der Waals surface area contributed by atoms with Crippen molar-refractivity contribution in [3.63, 3.8) is 0 Å². The molecule has 0 spiro atoms. The highest BCUT2D eigenvalue weighted by Crippen LogP contribution is 2.13. The molecule has 1 saturated heterocycles. The van der Waals surface area contributed by atoms with Crippen LogP contribution in [0.25, 0.3) is 10.2 Å². The van der Waals surface area contributed by atoms with E-state index in [1.165, 1.54) is 22.2 Å². The van der Waals surface area contributed by atoms with E-state index in [9.17, 15) is 9.59 Å². The van der Waals surface area contributed by atoms with Gasteiger partial charge in [0.05, 0.1) is 11.7 Å². The van der Waals surface area contributed by atoms with E-state index in [0.717, 1.165) is 24.5 Å². The highest BCUT2D eigenvalue weighted by atomic mass is 35.5. The summed E-state index contributed by atoms with van der Waals surface area (Å²) < 4.78 is 1.53. The number of rotatable bonds is 3. The smallest absolute Gasteiger partial charge is 0.262 e. The third-order valence-electron chi connectivity index (χ3n) is 3.84. The van der Waals surface area contributed by atoms with Gasteiger partial charge in [-0.3, -0.25) is 14.2 Å². The van der Waals surface area contributed by atoms with E-state index in [2.05, 4.69) is 10.3 Å². The lowest BCUT2D eigenvalue weighted by atomic mass is 10.2. The molecular weight excluding hydrogens is 324 g/mol. The molecule has 2 aromatic rings. The molecule has 1 amide bonds. The van der Waals surface area contributed by atoms with Crippen LogP contribution in [0.1, 0.15) is 13.3 Å². The second-order valence-corrected chi connectivity index (χ2v) is 6.17. The van der Waals surface area contributed by atoms with Crippen LogP contribution in [0.2, 0.25) is 0 Å². The number of nitrogens with one attached hydrogen (secondary N) is 1. The van der Waals surface area contributed by atoms with Crippen molar-refractivity contribution in [2.45, 2.75) is 25.9 Å². The maximum atomic E-state index is 12.3. The Bertz CT molecular complexity index is 714. The first-order chi connectivity index (χ1) is 10.2. The normalized spacial score (nSPS) is 18.2. The van der Waals surface area contributed by atoms with E-state index in [4.69, 9.17) is 0 Å². The summed E-state index contributed by atoms with van der Waals surface area (Å²) >= 11 is 1.45. The molecule has 22 heavy (non-hydrogen) atoms. The molecular formula is C14H19ClN4O2S. The number of aryl methyl sites for hydroxylation is 1. The number of carbonyl (C=O) groups excluding carboxylic acids is 1. The van der Waals surface area contributed by atoms with Crippen molar-refractivity contribution >= 4 is 39.9 Å². The first-order valence-corrected chi connectivity index (χ1v) is 7.97. The molecule has 1 atom stereocenters. The Morgan fingerprint density at radius 3 is 3.14 bits per heavy atom. The molecule has 1 aliphatic rings. The van der Waals surface area contributed by atoms with Crippen LogP contribution in [-0.4, -0.2) is 46.0 Å². The molecule has 1 N–H and O–H groups in total. The van der Waals surface area contributed by atoms with Gasteiger partial charge in [-0.15, -0.1) is 23.7 Å². The highest BCUT2D eigenvalue weighted by molar-refractivity contribution is 7.16. The maximum absolute atomic E-state index is 12.3. The summed E-state index contributed by atoms with van der Waals surface area (Å²) in [6.07, 6.45) is 1.87. The van der Waals surface area contributed by atoms with Crippen molar-refractivity contribution in [3.8, 4) is 0 Å². The van der Waals surface area contributed by atoms with E-state index in [1.807, 2.05) is 17.2 Å². The fourth-order valence-electron chi connectivity index (χ4n) is 2.62. The van der Waals surface area contributed by atoms with Crippen LogP contribution in [0.3, 0.4) is 0 Å². The fraction of sp³-hybridized carbons (Fsp3) is 0.500. The summed E-state index contributed by atoms with van der Waals surface area (Å²) in [4.78, 5) is 31.4. The van der Waals surface area contributed by atoms with Gasteiger partial charge in [-0.05, 0) is 18.4 Å².